The van der Waals surface area contributed by atoms with E-state index in [-0.39, 0.29) is 24.3 Å². The lowest BCUT2D eigenvalue weighted by atomic mass is 10.3. The number of amides is 2. The van der Waals surface area contributed by atoms with E-state index in [0.717, 1.165) is 6.07 Å². The van der Waals surface area contributed by atoms with Crippen LogP contribution in [0.3, 0.4) is 0 Å². The van der Waals surface area contributed by atoms with Gasteiger partial charge in [0.05, 0.1) is 12.6 Å². The summed E-state index contributed by atoms with van der Waals surface area (Å²) in [6, 6.07) is 2.31. The van der Waals surface area contributed by atoms with Crippen molar-refractivity contribution in [3.63, 3.8) is 0 Å². The van der Waals surface area contributed by atoms with Crippen molar-refractivity contribution in [3.8, 4) is 0 Å². The van der Waals surface area contributed by atoms with Crippen LogP contribution in [-0.2, 0) is 4.79 Å². The predicted octanol–water partition coefficient (Wildman–Crippen LogP) is 1.17. The number of nitrogens with zero attached hydrogens (tertiary/aromatic N) is 2. The second-order valence-corrected chi connectivity index (χ2v) is 4.44. The van der Waals surface area contributed by atoms with Gasteiger partial charge in [-0.3, -0.25) is 19.7 Å². The minimum atomic E-state index is -0.724. The maximum absolute atomic E-state index is 12.1. The number of rotatable bonds is 6. The molecule has 1 N–H and O–H groups in total. The first-order chi connectivity index (χ1) is 9.35. The van der Waals surface area contributed by atoms with Crippen LogP contribution in [0.15, 0.2) is 16.5 Å². The summed E-state index contributed by atoms with van der Waals surface area (Å²) in [5.41, 5.74) is 0. The Bertz CT molecular complexity index is 509. The summed E-state index contributed by atoms with van der Waals surface area (Å²) in [6.45, 7) is 5.50. The van der Waals surface area contributed by atoms with E-state index in [1.54, 1.807) is 6.92 Å². The van der Waals surface area contributed by atoms with Crippen molar-refractivity contribution in [3.05, 3.63) is 28.0 Å². The maximum Gasteiger partial charge on any atom is 0.433 e. The Morgan fingerprint density at radius 1 is 1.45 bits per heavy atom. The van der Waals surface area contributed by atoms with Crippen LogP contribution in [-0.4, -0.2) is 40.8 Å². The van der Waals surface area contributed by atoms with Gasteiger partial charge in [-0.2, -0.15) is 0 Å². The van der Waals surface area contributed by atoms with Gasteiger partial charge in [-0.1, -0.05) is 0 Å². The Hall–Kier alpha value is -2.38. The second-order valence-electron chi connectivity index (χ2n) is 4.44. The fourth-order valence-corrected chi connectivity index (χ4v) is 1.56. The average Bonchev–Trinajstić information content (AvgIpc) is 2.83. The molecule has 0 aliphatic rings. The Labute approximate surface area is 115 Å². The number of nitro groups is 1. The number of nitrogens with one attached hydrogen (secondary N) is 1. The number of carbonyl (C=O) groups excluding carboxylic acids is 2. The van der Waals surface area contributed by atoms with Gasteiger partial charge in [-0.05, 0) is 26.8 Å². The highest BCUT2D eigenvalue weighted by Crippen LogP contribution is 2.17. The van der Waals surface area contributed by atoms with Crippen molar-refractivity contribution in [1.29, 1.82) is 0 Å². The molecule has 0 saturated heterocycles. The van der Waals surface area contributed by atoms with Crippen LogP contribution in [0, 0.1) is 10.1 Å². The molecule has 110 valence electrons. The van der Waals surface area contributed by atoms with E-state index in [2.05, 4.69) is 5.32 Å². The van der Waals surface area contributed by atoms with Gasteiger partial charge in [0, 0.05) is 12.6 Å². The zero-order valence-corrected chi connectivity index (χ0v) is 11.6. The van der Waals surface area contributed by atoms with Crippen molar-refractivity contribution in [1.82, 2.24) is 10.2 Å². The molecule has 1 aromatic heterocycles. The van der Waals surface area contributed by atoms with Crippen LogP contribution >= 0.6 is 0 Å². The molecular weight excluding hydrogens is 266 g/mol. The normalized spacial score (nSPS) is 10.4. The van der Waals surface area contributed by atoms with Crippen molar-refractivity contribution in [2.75, 3.05) is 13.1 Å². The topological polar surface area (TPSA) is 106 Å². The third-order valence-corrected chi connectivity index (χ3v) is 2.44. The maximum atomic E-state index is 12.1. The predicted molar refractivity (Wildman–Crippen MR) is 70.2 cm³/mol. The van der Waals surface area contributed by atoms with Gasteiger partial charge in [-0.25, -0.2) is 0 Å². The van der Waals surface area contributed by atoms with Crippen LogP contribution < -0.4 is 5.32 Å². The highest BCUT2D eigenvalue weighted by molar-refractivity contribution is 5.94. The van der Waals surface area contributed by atoms with E-state index in [0.29, 0.717) is 6.54 Å². The Kier molecular flexibility index (Phi) is 5.24. The third kappa shape index (κ3) is 4.08. The lowest BCUT2D eigenvalue weighted by Gasteiger charge is -2.19. The summed E-state index contributed by atoms with van der Waals surface area (Å²) in [5, 5.41) is 13.2. The van der Waals surface area contributed by atoms with E-state index in [9.17, 15) is 19.7 Å². The van der Waals surface area contributed by atoms with Crippen molar-refractivity contribution >= 4 is 17.7 Å². The van der Waals surface area contributed by atoms with E-state index < -0.39 is 16.7 Å². The van der Waals surface area contributed by atoms with E-state index in [1.165, 1.54) is 11.0 Å². The molecule has 0 radical (unpaired) electrons. The summed E-state index contributed by atoms with van der Waals surface area (Å²) in [5.74, 6) is -1.51. The van der Waals surface area contributed by atoms with Gasteiger partial charge in [0.2, 0.25) is 5.91 Å². The third-order valence-electron chi connectivity index (χ3n) is 2.44. The Morgan fingerprint density at radius 2 is 2.10 bits per heavy atom. The van der Waals surface area contributed by atoms with Crippen molar-refractivity contribution < 1.29 is 18.9 Å². The van der Waals surface area contributed by atoms with Crippen LogP contribution in [0.1, 0.15) is 31.3 Å². The van der Waals surface area contributed by atoms with Crippen LogP contribution in [0.2, 0.25) is 0 Å². The first-order valence-corrected chi connectivity index (χ1v) is 6.18. The minimum absolute atomic E-state index is 0.0268. The first-order valence-electron chi connectivity index (χ1n) is 6.18. The fraction of sp³-hybridized carbons (Fsp3) is 0.500. The highest BCUT2D eigenvalue weighted by atomic mass is 16.6. The molecule has 0 unspecified atom stereocenters. The van der Waals surface area contributed by atoms with E-state index >= 15 is 0 Å². The number of hydrogen-bond acceptors (Lipinski definition) is 5. The Morgan fingerprint density at radius 3 is 2.55 bits per heavy atom. The number of likely N-dealkylation sites (N-methyl/N-ethyl adjacent to an activating group) is 1. The molecule has 1 rings (SSSR count). The molecule has 0 spiro atoms. The summed E-state index contributed by atoms with van der Waals surface area (Å²) in [7, 11) is 0. The fourth-order valence-electron chi connectivity index (χ4n) is 1.56. The van der Waals surface area contributed by atoms with Gasteiger partial charge in [0.25, 0.3) is 5.91 Å². The van der Waals surface area contributed by atoms with Gasteiger partial charge in [0.1, 0.15) is 4.92 Å². The minimum Gasteiger partial charge on any atom is -0.395 e. The SMILES string of the molecule is CCN(CC(=O)NC(C)C)C(=O)c1ccc([N+](=O)[O-])o1. The molecule has 8 heteroatoms. The highest BCUT2D eigenvalue weighted by Gasteiger charge is 2.23. The molecule has 0 aliphatic carbocycles. The van der Waals surface area contributed by atoms with Crippen LogP contribution in [0.5, 0.6) is 0 Å². The number of furan rings is 1. The second kappa shape index (κ2) is 6.69. The van der Waals surface area contributed by atoms with Gasteiger partial charge in [-0.15, -0.1) is 0 Å². The summed E-state index contributed by atoms with van der Waals surface area (Å²) < 4.78 is 4.83. The molecule has 0 bridgehead atoms. The molecule has 1 heterocycles. The molecule has 0 saturated carbocycles. The summed E-state index contributed by atoms with van der Waals surface area (Å²) >= 11 is 0. The lowest BCUT2D eigenvalue weighted by Crippen LogP contribution is -2.42. The zero-order chi connectivity index (χ0) is 15.3. The molecule has 0 aromatic carbocycles. The Balaban J connectivity index is 2.75. The molecule has 0 aliphatic heterocycles. The largest absolute Gasteiger partial charge is 0.433 e. The number of hydrogen-bond donors (Lipinski definition) is 1. The van der Waals surface area contributed by atoms with Crippen molar-refractivity contribution in [2.45, 2.75) is 26.8 Å². The molecule has 0 atom stereocenters. The van der Waals surface area contributed by atoms with E-state index in [1.807, 2.05) is 13.8 Å². The summed E-state index contributed by atoms with van der Waals surface area (Å²) in [4.78, 5) is 34.7. The monoisotopic (exact) mass is 283 g/mol. The van der Waals surface area contributed by atoms with Crippen LogP contribution in [0.4, 0.5) is 5.88 Å². The van der Waals surface area contributed by atoms with Gasteiger partial charge < -0.3 is 14.6 Å². The van der Waals surface area contributed by atoms with Gasteiger partial charge >= 0.3 is 5.88 Å². The quantitative estimate of drug-likeness (QED) is 0.623. The molecule has 20 heavy (non-hydrogen) atoms. The van der Waals surface area contributed by atoms with E-state index in [4.69, 9.17) is 4.42 Å². The first kappa shape index (κ1) is 15.7. The molecule has 8 nitrogen and oxygen atoms in total. The van der Waals surface area contributed by atoms with Crippen LogP contribution in [0.25, 0.3) is 0 Å². The standard InChI is InChI=1S/C12H17N3O5/c1-4-14(7-10(16)13-8(2)3)12(17)9-5-6-11(20-9)15(18)19/h5-6,8H,4,7H2,1-3H3,(H,13,16). The zero-order valence-electron chi connectivity index (χ0n) is 11.6. The summed E-state index contributed by atoms with van der Waals surface area (Å²) in [6.07, 6.45) is 0. The smallest absolute Gasteiger partial charge is 0.395 e. The number of carbonyl (C=O) groups is 2. The molecular formula is C12H17N3O5. The lowest BCUT2D eigenvalue weighted by molar-refractivity contribution is -0.402. The molecule has 2 amide bonds. The van der Waals surface area contributed by atoms with Gasteiger partial charge in [0.15, 0.2) is 5.76 Å². The molecule has 0 fully saturated rings. The molecule has 1 aromatic rings. The average molecular weight is 283 g/mol. The van der Waals surface area contributed by atoms with Crippen molar-refractivity contribution in [2.24, 2.45) is 0 Å².